The molecule has 0 amide bonds. The molecule has 29 heavy (non-hydrogen) atoms. The van der Waals surface area contributed by atoms with Crippen LogP contribution in [0.1, 0.15) is 6.23 Å². The van der Waals surface area contributed by atoms with E-state index in [0.29, 0.717) is 4.57 Å². The molecule has 1 aromatic rings. The molecule has 0 aromatic carbocycles. The molecule has 1 fully saturated rings. The maximum Gasteiger partial charge on any atom is 0.490 e. The Morgan fingerprint density at radius 3 is 2.31 bits per heavy atom. The molecular weight excluding hydrogens is 472 g/mol. The maximum atomic E-state index is 14.2. The van der Waals surface area contributed by atoms with Gasteiger partial charge in [-0.05, 0) is 0 Å². The number of halogens is 1. The van der Waals surface area contributed by atoms with Crippen molar-refractivity contribution in [2.24, 2.45) is 0 Å². The van der Waals surface area contributed by atoms with Crippen LogP contribution in [0.15, 0.2) is 21.9 Å². The summed E-state index contributed by atoms with van der Waals surface area (Å²) in [7, 11) is -16.9. The van der Waals surface area contributed by atoms with Gasteiger partial charge in [0.1, 0.15) is 12.2 Å². The van der Waals surface area contributed by atoms with E-state index in [1.165, 1.54) is 0 Å². The average molecular weight is 486 g/mol. The zero-order valence-electron chi connectivity index (χ0n) is 13.7. The zero-order valence-corrected chi connectivity index (χ0v) is 16.4. The number of phosphoric acid groups is 3. The van der Waals surface area contributed by atoms with Crippen molar-refractivity contribution >= 4 is 23.5 Å². The van der Waals surface area contributed by atoms with E-state index in [4.69, 9.17) is 19.4 Å². The lowest BCUT2D eigenvalue weighted by molar-refractivity contribution is -0.0531. The van der Waals surface area contributed by atoms with Gasteiger partial charge in [0.05, 0.1) is 6.61 Å². The molecule has 20 heteroatoms. The van der Waals surface area contributed by atoms with Crippen molar-refractivity contribution in [3.8, 4) is 0 Å². The second kappa shape index (κ2) is 8.59. The minimum absolute atomic E-state index is 0.628. The topological polar surface area (TPSA) is 244 Å². The van der Waals surface area contributed by atoms with Crippen LogP contribution in [0.3, 0.4) is 0 Å². The SMILES string of the molecule is O=c1ccn([C@H]2O[C@@H](COP(=O)(O)OP(=O)(O)OP(=O)(O)O)C(F)C2O)c(=O)[nH]1. The molecular formula is C9H14FN2O14P3. The summed E-state index contributed by atoms with van der Waals surface area (Å²) in [5, 5.41) is 9.86. The first-order valence-electron chi connectivity index (χ1n) is 7.18. The minimum Gasteiger partial charge on any atom is -0.385 e. The number of phosphoric ester groups is 1. The van der Waals surface area contributed by atoms with Gasteiger partial charge in [-0.3, -0.25) is 18.9 Å². The second-order valence-electron chi connectivity index (χ2n) is 5.40. The molecule has 16 nitrogen and oxygen atoms in total. The van der Waals surface area contributed by atoms with Gasteiger partial charge in [-0.2, -0.15) is 8.62 Å². The van der Waals surface area contributed by atoms with Gasteiger partial charge in [0, 0.05) is 12.3 Å². The minimum atomic E-state index is -5.76. The van der Waals surface area contributed by atoms with Crippen molar-refractivity contribution in [1.29, 1.82) is 0 Å². The number of H-pyrrole nitrogens is 1. The molecule has 6 N–H and O–H groups in total. The van der Waals surface area contributed by atoms with Crippen LogP contribution < -0.4 is 11.2 Å². The van der Waals surface area contributed by atoms with Crippen molar-refractivity contribution in [3.05, 3.63) is 33.1 Å². The number of hydrogen-bond donors (Lipinski definition) is 6. The van der Waals surface area contributed by atoms with Crippen LogP contribution in [0.2, 0.25) is 0 Å². The molecule has 1 saturated heterocycles. The predicted octanol–water partition coefficient (Wildman–Crippen LogP) is -1.52. The number of rotatable bonds is 8. The summed E-state index contributed by atoms with van der Waals surface area (Å²) in [6.07, 6.45) is -6.83. The standard InChI is InChI=1S/C9H14FN2O14P3/c10-6-4(3-23-28(19,20)26-29(21,22)25-27(16,17)18)24-8(7(6)14)12-2-1-5(13)11-9(12)15/h1-2,4,6-8,14H,3H2,(H,19,20)(H,21,22)(H,11,13,15)(H2,16,17,18)/t4-,6?,7?,8-/m0/s1. The Kier molecular flexibility index (Phi) is 7.17. The van der Waals surface area contributed by atoms with Gasteiger partial charge in [-0.25, -0.2) is 22.9 Å². The predicted molar refractivity (Wildman–Crippen MR) is 86.0 cm³/mol. The van der Waals surface area contributed by atoms with Crippen LogP contribution >= 0.6 is 23.5 Å². The zero-order chi connectivity index (χ0) is 22.2. The van der Waals surface area contributed by atoms with Crippen LogP contribution in [0.5, 0.6) is 0 Å². The molecule has 1 aliphatic heterocycles. The maximum absolute atomic E-state index is 14.2. The van der Waals surface area contributed by atoms with E-state index in [9.17, 15) is 37.7 Å². The summed E-state index contributed by atoms with van der Waals surface area (Å²) in [4.78, 5) is 59.7. The van der Waals surface area contributed by atoms with Crippen LogP contribution in [0.4, 0.5) is 4.39 Å². The molecule has 4 unspecified atom stereocenters. The lowest BCUT2D eigenvalue weighted by Crippen LogP contribution is -2.36. The van der Waals surface area contributed by atoms with Gasteiger partial charge >= 0.3 is 29.2 Å². The molecule has 166 valence electrons. The molecule has 6 atom stereocenters. The second-order valence-corrected chi connectivity index (χ2v) is 9.82. The average Bonchev–Trinajstić information content (AvgIpc) is 2.78. The van der Waals surface area contributed by atoms with E-state index >= 15 is 0 Å². The molecule has 1 aromatic heterocycles. The Bertz CT molecular complexity index is 1000. The van der Waals surface area contributed by atoms with Crippen molar-refractivity contribution in [1.82, 2.24) is 9.55 Å². The van der Waals surface area contributed by atoms with Crippen molar-refractivity contribution in [3.63, 3.8) is 0 Å². The third-order valence-electron chi connectivity index (χ3n) is 3.23. The van der Waals surface area contributed by atoms with Gasteiger partial charge < -0.3 is 29.4 Å². The van der Waals surface area contributed by atoms with Gasteiger partial charge in [0.2, 0.25) is 0 Å². The number of hydrogen-bond acceptors (Lipinski definition) is 10. The smallest absolute Gasteiger partial charge is 0.385 e. The summed E-state index contributed by atoms with van der Waals surface area (Å²) in [6.45, 7) is -1.17. The highest BCUT2D eigenvalue weighted by molar-refractivity contribution is 7.66. The van der Waals surface area contributed by atoms with E-state index in [1.54, 1.807) is 0 Å². The lowest BCUT2D eigenvalue weighted by atomic mass is 10.1. The molecule has 0 spiro atoms. The summed E-state index contributed by atoms with van der Waals surface area (Å²) >= 11 is 0. The molecule has 0 saturated carbocycles. The number of nitrogens with zero attached hydrogens (tertiary/aromatic N) is 1. The normalized spacial score (nSPS) is 29.3. The van der Waals surface area contributed by atoms with E-state index in [-0.39, 0.29) is 0 Å². The fourth-order valence-electron chi connectivity index (χ4n) is 2.17. The fourth-order valence-corrected chi connectivity index (χ4v) is 5.20. The number of alkyl halides is 1. The first kappa shape index (κ1) is 24.2. The summed E-state index contributed by atoms with van der Waals surface area (Å²) < 4.78 is 64.3. The van der Waals surface area contributed by atoms with Crippen molar-refractivity contribution < 1.29 is 60.6 Å². The highest BCUT2D eigenvalue weighted by atomic mass is 31.3. The summed E-state index contributed by atoms with van der Waals surface area (Å²) in [5.41, 5.74) is -1.83. The number of aliphatic hydroxyl groups excluding tert-OH is 1. The Hall–Kier alpha value is -1.06. The first-order chi connectivity index (χ1) is 13.1. The Labute approximate surface area is 158 Å². The van der Waals surface area contributed by atoms with Crippen molar-refractivity contribution in [2.45, 2.75) is 24.6 Å². The Balaban J connectivity index is 2.06. The van der Waals surface area contributed by atoms with Crippen LogP contribution in [-0.2, 0) is 31.6 Å². The number of aliphatic hydroxyl groups is 1. The van der Waals surface area contributed by atoms with E-state index in [2.05, 4.69) is 13.1 Å². The number of aromatic nitrogens is 2. The van der Waals surface area contributed by atoms with E-state index < -0.39 is 65.9 Å². The third kappa shape index (κ3) is 6.72. The molecule has 1 aliphatic rings. The van der Waals surface area contributed by atoms with E-state index in [0.717, 1.165) is 12.3 Å². The molecule has 0 bridgehead atoms. The molecule has 2 heterocycles. The largest absolute Gasteiger partial charge is 0.490 e. The van der Waals surface area contributed by atoms with Crippen molar-refractivity contribution in [2.75, 3.05) is 6.61 Å². The summed E-state index contributed by atoms with van der Waals surface area (Å²) in [5.74, 6) is 0. The highest BCUT2D eigenvalue weighted by Gasteiger charge is 2.47. The Morgan fingerprint density at radius 2 is 1.76 bits per heavy atom. The number of nitrogens with one attached hydrogen (secondary N) is 1. The highest BCUT2D eigenvalue weighted by Crippen LogP contribution is 2.66. The van der Waals surface area contributed by atoms with Gasteiger partial charge in [-0.15, -0.1) is 0 Å². The quantitative estimate of drug-likeness (QED) is 0.229. The number of aromatic amines is 1. The van der Waals surface area contributed by atoms with Gasteiger partial charge in [0.25, 0.3) is 5.56 Å². The summed E-state index contributed by atoms with van der Waals surface area (Å²) in [6, 6.07) is 0.879. The fraction of sp³-hybridized carbons (Fsp3) is 0.556. The third-order valence-corrected chi connectivity index (χ3v) is 7.03. The lowest BCUT2D eigenvalue weighted by Gasteiger charge is -2.18. The monoisotopic (exact) mass is 486 g/mol. The van der Waals surface area contributed by atoms with E-state index in [1.807, 2.05) is 4.98 Å². The first-order valence-corrected chi connectivity index (χ1v) is 11.7. The molecule has 0 aliphatic carbocycles. The molecule has 0 radical (unpaired) electrons. The number of ether oxygens (including phenoxy) is 1. The molecule has 2 rings (SSSR count). The van der Waals surface area contributed by atoms with Gasteiger partial charge in [0.15, 0.2) is 12.4 Å². The Morgan fingerprint density at radius 1 is 1.14 bits per heavy atom. The van der Waals surface area contributed by atoms with Crippen LogP contribution in [-0.4, -0.2) is 59.2 Å². The van der Waals surface area contributed by atoms with Gasteiger partial charge in [-0.1, -0.05) is 0 Å². The van der Waals surface area contributed by atoms with Crippen LogP contribution in [0.25, 0.3) is 0 Å². The van der Waals surface area contributed by atoms with Crippen LogP contribution in [0, 0.1) is 0 Å².